The molecule has 1 aliphatic rings. The number of rotatable bonds is 7. The van der Waals surface area contributed by atoms with E-state index in [0.717, 1.165) is 13.1 Å². The Kier molecular flexibility index (Phi) is 9.46. The minimum atomic E-state index is -3.49. The highest BCUT2D eigenvalue weighted by atomic mass is 127. The predicted molar refractivity (Wildman–Crippen MR) is 113 cm³/mol. The molecule has 1 saturated heterocycles. The Morgan fingerprint density at radius 3 is 2.46 bits per heavy atom. The highest BCUT2D eigenvalue weighted by molar-refractivity contribution is 14.0. The van der Waals surface area contributed by atoms with Crippen LogP contribution in [0.25, 0.3) is 0 Å². The average molecular weight is 498 g/mol. The van der Waals surface area contributed by atoms with Crippen molar-refractivity contribution in [1.29, 1.82) is 0 Å². The number of guanidine groups is 1. The smallest absolute Gasteiger partial charge is 0.277 e. The van der Waals surface area contributed by atoms with E-state index in [4.69, 9.17) is 5.73 Å². The number of piperazine rings is 1. The van der Waals surface area contributed by atoms with Crippen molar-refractivity contribution in [3.63, 3.8) is 0 Å². The first-order valence-corrected chi connectivity index (χ1v) is 9.69. The van der Waals surface area contributed by atoms with Gasteiger partial charge in [-0.15, -0.1) is 24.0 Å². The summed E-state index contributed by atoms with van der Waals surface area (Å²) < 4.78 is 28.1. The molecule has 0 aromatic carbocycles. The summed E-state index contributed by atoms with van der Waals surface area (Å²) in [6, 6.07) is 1.63. The summed E-state index contributed by atoms with van der Waals surface area (Å²) in [5.41, 5.74) is 6.00. The van der Waals surface area contributed by atoms with E-state index in [2.05, 4.69) is 29.3 Å². The minimum absolute atomic E-state index is 0. The number of aromatic nitrogens is 2. The lowest BCUT2D eigenvalue weighted by atomic mass is 10.3. The van der Waals surface area contributed by atoms with E-state index >= 15 is 0 Å². The summed E-state index contributed by atoms with van der Waals surface area (Å²) in [5.74, 6) is 1.13. The molecule has 0 spiro atoms. The van der Waals surface area contributed by atoms with E-state index in [-0.39, 0.29) is 43.1 Å². The molecule has 0 bridgehead atoms. The molecule has 148 valence electrons. The molecule has 12 heteroatoms. The van der Waals surface area contributed by atoms with Crippen molar-refractivity contribution in [3.05, 3.63) is 18.5 Å². The molecule has 2 heterocycles. The largest absolute Gasteiger partial charge is 0.370 e. The van der Waals surface area contributed by atoms with Crippen LogP contribution in [-0.2, 0) is 10.2 Å². The number of halogens is 1. The van der Waals surface area contributed by atoms with Crippen molar-refractivity contribution in [2.75, 3.05) is 44.2 Å². The minimum Gasteiger partial charge on any atom is -0.370 e. The fraction of sp³-hybridized carbons (Fsp3) is 0.643. The monoisotopic (exact) mass is 498 g/mol. The highest BCUT2D eigenvalue weighted by Crippen LogP contribution is 2.09. The van der Waals surface area contributed by atoms with Gasteiger partial charge in [-0.05, 0) is 19.9 Å². The van der Waals surface area contributed by atoms with Crippen LogP contribution in [0.15, 0.2) is 23.5 Å². The maximum atomic E-state index is 11.6. The standard InChI is InChI=1S/C14H26N8O2S.HI/c1-12(2)20-25(23,24)19-7-6-16-13(15)21-8-10-22(11-9-21)14-17-4-3-5-18-14;/h3-5,12,19-20H,6-11H2,1-2H3,(H2,15,16);1H. The molecule has 2 rings (SSSR count). The molecule has 0 atom stereocenters. The summed E-state index contributed by atoms with van der Waals surface area (Å²) >= 11 is 0. The van der Waals surface area contributed by atoms with E-state index in [1.54, 1.807) is 32.3 Å². The van der Waals surface area contributed by atoms with Gasteiger partial charge in [-0.2, -0.15) is 13.1 Å². The zero-order valence-corrected chi connectivity index (χ0v) is 18.1. The first-order chi connectivity index (χ1) is 11.9. The molecule has 10 nitrogen and oxygen atoms in total. The van der Waals surface area contributed by atoms with Crippen LogP contribution in [0.4, 0.5) is 5.95 Å². The molecule has 0 radical (unpaired) electrons. The van der Waals surface area contributed by atoms with Gasteiger partial charge in [-0.25, -0.2) is 14.7 Å². The first-order valence-electron chi connectivity index (χ1n) is 8.21. The molecule has 0 saturated carbocycles. The van der Waals surface area contributed by atoms with Crippen molar-refractivity contribution in [2.24, 2.45) is 10.7 Å². The molecule has 0 aliphatic carbocycles. The van der Waals surface area contributed by atoms with Crippen LogP contribution in [0.5, 0.6) is 0 Å². The fourth-order valence-corrected chi connectivity index (χ4v) is 3.46. The first kappa shape index (κ1) is 22.8. The van der Waals surface area contributed by atoms with Crippen molar-refractivity contribution in [2.45, 2.75) is 19.9 Å². The molecule has 26 heavy (non-hydrogen) atoms. The van der Waals surface area contributed by atoms with Crippen LogP contribution in [0, 0.1) is 0 Å². The van der Waals surface area contributed by atoms with Gasteiger partial charge >= 0.3 is 0 Å². The quantitative estimate of drug-likeness (QED) is 0.198. The van der Waals surface area contributed by atoms with Gasteiger partial charge in [0.05, 0.1) is 6.54 Å². The fourth-order valence-electron chi connectivity index (χ4n) is 2.39. The summed E-state index contributed by atoms with van der Waals surface area (Å²) in [7, 11) is -3.49. The van der Waals surface area contributed by atoms with Crippen LogP contribution in [0.2, 0.25) is 0 Å². The zero-order valence-electron chi connectivity index (χ0n) is 15.0. The number of hydrogen-bond donors (Lipinski definition) is 3. The van der Waals surface area contributed by atoms with Crippen molar-refractivity contribution >= 4 is 46.1 Å². The second kappa shape index (κ2) is 10.8. The van der Waals surface area contributed by atoms with Crippen LogP contribution in [-0.4, -0.2) is 74.6 Å². The second-order valence-corrected chi connectivity index (χ2v) is 7.46. The normalized spacial score (nSPS) is 15.9. The van der Waals surface area contributed by atoms with Gasteiger partial charge < -0.3 is 15.5 Å². The average Bonchev–Trinajstić information content (AvgIpc) is 2.58. The number of nitrogens with zero attached hydrogens (tertiary/aromatic N) is 5. The molecule has 0 amide bonds. The molecular formula is C14H27IN8O2S. The van der Waals surface area contributed by atoms with Gasteiger partial charge in [0.2, 0.25) is 5.95 Å². The van der Waals surface area contributed by atoms with E-state index in [1.807, 2.05) is 4.90 Å². The van der Waals surface area contributed by atoms with Gasteiger partial charge in [0, 0.05) is 51.2 Å². The lowest BCUT2D eigenvalue weighted by Gasteiger charge is -2.35. The van der Waals surface area contributed by atoms with E-state index in [1.165, 1.54) is 0 Å². The third kappa shape index (κ3) is 7.55. The maximum Gasteiger partial charge on any atom is 0.277 e. The third-order valence-corrected chi connectivity index (χ3v) is 4.87. The lowest BCUT2D eigenvalue weighted by Crippen LogP contribution is -2.51. The predicted octanol–water partition coefficient (Wildman–Crippen LogP) is -0.636. The molecule has 1 fully saturated rings. The van der Waals surface area contributed by atoms with Gasteiger partial charge in [0.15, 0.2) is 5.96 Å². The summed E-state index contributed by atoms with van der Waals surface area (Å²) in [6.45, 7) is 6.94. The topological polar surface area (TPSA) is 129 Å². The number of nitrogens with one attached hydrogen (secondary N) is 2. The van der Waals surface area contributed by atoms with Crippen LogP contribution >= 0.6 is 24.0 Å². The summed E-state index contributed by atoms with van der Waals surface area (Å²) in [6.07, 6.45) is 3.44. The molecule has 0 unspecified atom stereocenters. The Balaban J connectivity index is 0.00000338. The van der Waals surface area contributed by atoms with Gasteiger partial charge in [-0.1, -0.05) is 0 Å². The Bertz CT molecular complexity index is 663. The second-order valence-electron chi connectivity index (χ2n) is 5.93. The van der Waals surface area contributed by atoms with Gasteiger partial charge in [0.25, 0.3) is 10.2 Å². The summed E-state index contributed by atoms with van der Waals surface area (Å²) in [5, 5.41) is 0. The number of nitrogens with two attached hydrogens (primary N) is 1. The van der Waals surface area contributed by atoms with Crippen molar-refractivity contribution < 1.29 is 8.42 Å². The molecule has 4 N–H and O–H groups in total. The van der Waals surface area contributed by atoms with Gasteiger partial charge in [0.1, 0.15) is 0 Å². The molecule has 1 aliphatic heterocycles. The Hall–Kier alpha value is -1.25. The van der Waals surface area contributed by atoms with Crippen molar-refractivity contribution in [1.82, 2.24) is 24.3 Å². The summed E-state index contributed by atoms with van der Waals surface area (Å²) in [4.78, 5) is 16.8. The van der Waals surface area contributed by atoms with E-state index in [0.29, 0.717) is 25.0 Å². The maximum absolute atomic E-state index is 11.6. The number of aliphatic imine (C=N–C) groups is 1. The Morgan fingerprint density at radius 1 is 1.27 bits per heavy atom. The van der Waals surface area contributed by atoms with E-state index in [9.17, 15) is 8.42 Å². The SMILES string of the molecule is CC(C)NS(=O)(=O)NCCN=C(N)N1CCN(c2ncccn2)CC1.I. The van der Waals surface area contributed by atoms with Crippen LogP contribution in [0.1, 0.15) is 13.8 Å². The highest BCUT2D eigenvalue weighted by Gasteiger charge is 2.19. The zero-order chi connectivity index (χ0) is 18.3. The lowest BCUT2D eigenvalue weighted by molar-refractivity contribution is 0.378. The van der Waals surface area contributed by atoms with Crippen LogP contribution < -0.4 is 20.1 Å². The number of hydrogen-bond acceptors (Lipinski definition) is 6. The molecule has 1 aromatic rings. The third-order valence-electron chi connectivity index (χ3n) is 3.51. The van der Waals surface area contributed by atoms with Gasteiger partial charge in [-0.3, -0.25) is 4.99 Å². The number of anilines is 1. The van der Waals surface area contributed by atoms with E-state index < -0.39 is 10.2 Å². The Labute approximate surface area is 171 Å². The molecule has 1 aromatic heterocycles. The molecular weight excluding hydrogens is 471 g/mol. The Morgan fingerprint density at radius 2 is 1.88 bits per heavy atom. The van der Waals surface area contributed by atoms with Crippen molar-refractivity contribution in [3.8, 4) is 0 Å². The van der Waals surface area contributed by atoms with Crippen LogP contribution in [0.3, 0.4) is 0 Å².